The van der Waals surface area contributed by atoms with Crippen LogP contribution >= 0.6 is 34.2 Å². The number of ether oxygens (including phenoxy) is 1. The van der Waals surface area contributed by atoms with Gasteiger partial charge in [0, 0.05) is 26.7 Å². The maximum Gasteiger partial charge on any atom is 0.167 e. The summed E-state index contributed by atoms with van der Waals surface area (Å²) in [6.07, 6.45) is 5.18. The first kappa shape index (κ1) is 13.8. The van der Waals surface area contributed by atoms with Gasteiger partial charge in [-0.15, -0.1) is 0 Å². The van der Waals surface area contributed by atoms with Crippen LogP contribution in [0, 0.1) is 9.49 Å². The van der Waals surface area contributed by atoms with Crippen molar-refractivity contribution in [1.29, 1.82) is 0 Å². The van der Waals surface area contributed by atoms with Crippen molar-refractivity contribution in [3.63, 3.8) is 0 Å². The minimum absolute atomic E-state index is 0.0165. The highest BCUT2D eigenvalue weighted by molar-refractivity contribution is 14.1. The largest absolute Gasteiger partial charge is 0.375 e. The fourth-order valence-electron chi connectivity index (χ4n) is 3.08. The van der Waals surface area contributed by atoms with Crippen LogP contribution in [-0.2, 0) is 4.74 Å². The zero-order valence-electron chi connectivity index (χ0n) is 10.6. The molecule has 1 heterocycles. The molecule has 2 nitrogen and oxygen atoms in total. The molecule has 1 spiro atoms. The van der Waals surface area contributed by atoms with Crippen LogP contribution in [0.25, 0.3) is 0 Å². The second-order valence-corrected chi connectivity index (χ2v) is 7.16. The third-order valence-electron chi connectivity index (χ3n) is 4.32. The molecule has 1 saturated heterocycles. The van der Waals surface area contributed by atoms with Gasteiger partial charge < -0.3 is 4.74 Å². The Balaban J connectivity index is 1.81. The summed E-state index contributed by atoms with van der Waals surface area (Å²) in [5.41, 5.74) is 0.789. The SMILES string of the molecule is O=C(c1cc(Cl)ccc1I)C1CCOC2(CCC2)C1. The van der Waals surface area contributed by atoms with E-state index >= 15 is 0 Å². The Hall–Kier alpha value is -0.130. The van der Waals surface area contributed by atoms with Gasteiger partial charge in [0.1, 0.15) is 0 Å². The van der Waals surface area contributed by atoms with Gasteiger partial charge in [-0.1, -0.05) is 11.6 Å². The van der Waals surface area contributed by atoms with E-state index in [-0.39, 0.29) is 17.3 Å². The van der Waals surface area contributed by atoms with Crippen LogP contribution in [0.2, 0.25) is 5.02 Å². The molecule has 1 atom stereocenters. The van der Waals surface area contributed by atoms with E-state index in [1.165, 1.54) is 6.42 Å². The number of halogens is 2. The number of carbonyl (C=O) groups excluding carboxylic acids is 1. The summed E-state index contributed by atoms with van der Waals surface area (Å²) in [5, 5.41) is 0.634. The number of rotatable bonds is 2. The third-order valence-corrected chi connectivity index (χ3v) is 5.50. The summed E-state index contributed by atoms with van der Waals surface area (Å²) in [7, 11) is 0. The summed E-state index contributed by atoms with van der Waals surface area (Å²) >= 11 is 8.22. The Morgan fingerprint density at radius 1 is 1.42 bits per heavy atom. The lowest BCUT2D eigenvalue weighted by Gasteiger charge is -2.46. The second-order valence-electron chi connectivity index (χ2n) is 5.56. The third kappa shape index (κ3) is 2.69. The van der Waals surface area contributed by atoms with Gasteiger partial charge in [-0.3, -0.25) is 4.79 Å². The van der Waals surface area contributed by atoms with Crippen LogP contribution in [0.3, 0.4) is 0 Å². The lowest BCUT2D eigenvalue weighted by atomic mass is 9.70. The highest BCUT2D eigenvalue weighted by Crippen LogP contribution is 2.45. The lowest BCUT2D eigenvalue weighted by molar-refractivity contribution is -0.137. The number of hydrogen-bond donors (Lipinski definition) is 0. The molecule has 1 saturated carbocycles. The fourth-order valence-corrected chi connectivity index (χ4v) is 3.85. The maximum absolute atomic E-state index is 12.7. The Bertz CT molecular complexity index is 511. The van der Waals surface area contributed by atoms with Gasteiger partial charge in [0.2, 0.25) is 0 Å². The number of benzene rings is 1. The molecule has 1 aliphatic heterocycles. The number of ketones is 1. The van der Waals surface area contributed by atoms with E-state index in [2.05, 4.69) is 22.6 Å². The number of hydrogen-bond acceptors (Lipinski definition) is 2. The van der Waals surface area contributed by atoms with E-state index in [1.54, 1.807) is 6.07 Å². The van der Waals surface area contributed by atoms with Crippen molar-refractivity contribution in [3.8, 4) is 0 Å². The molecule has 2 fully saturated rings. The molecule has 1 aromatic rings. The molecule has 1 aliphatic carbocycles. The van der Waals surface area contributed by atoms with Crippen molar-refractivity contribution in [2.24, 2.45) is 5.92 Å². The van der Waals surface area contributed by atoms with Gasteiger partial charge in [0.15, 0.2) is 5.78 Å². The van der Waals surface area contributed by atoms with E-state index in [0.29, 0.717) is 11.6 Å². The fraction of sp³-hybridized carbons (Fsp3) is 0.533. The van der Waals surface area contributed by atoms with E-state index < -0.39 is 0 Å². The molecule has 0 N–H and O–H groups in total. The van der Waals surface area contributed by atoms with Crippen molar-refractivity contribution in [2.45, 2.75) is 37.7 Å². The Kier molecular flexibility index (Phi) is 3.89. The molecule has 4 heteroatoms. The van der Waals surface area contributed by atoms with Crippen LogP contribution in [0.4, 0.5) is 0 Å². The smallest absolute Gasteiger partial charge is 0.167 e. The average Bonchev–Trinajstić information content (AvgIpc) is 2.39. The predicted molar refractivity (Wildman–Crippen MR) is 83.8 cm³/mol. The van der Waals surface area contributed by atoms with Crippen molar-refractivity contribution in [3.05, 3.63) is 32.4 Å². The quantitative estimate of drug-likeness (QED) is 0.550. The molecule has 3 rings (SSSR count). The summed E-state index contributed by atoms with van der Waals surface area (Å²) in [6, 6.07) is 5.54. The number of Topliss-reactive ketones (excluding diaryl/α,β-unsaturated/α-hetero) is 1. The van der Waals surface area contributed by atoms with Gasteiger partial charge in [-0.2, -0.15) is 0 Å². The van der Waals surface area contributed by atoms with Crippen LogP contribution < -0.4 is 0 Å². The molecular formula is C15H16ClIO2. The van der Waals surface area contributed by atoms with Crippen LogP contribution in [0.1, 0.15) is 42.5 Å². The van der Waals surface area contributed by atoms with Crippen molar-refractivity contribution in [2.75, 3.05) is 6.61 Å². The van der Waals surface area contributed by atoms with Gasteiger partial charge >= 0.3 is 0 Å². The molecule has 2 aliphatic rings. The van der Waals surface area contributed by atoms with E-state index in [4.69, 9.17) is 16.3 Å². The van der Waals surface area contributed by atoms with E-state index in [1.807, 2.05) is 12.1 Å². The van der Waals surface area contributed by atoms with Gasteiger partial charge in [-0.25, -0.2) is 0 Å². The molecule has 19 heavy (non-hydrogen) atoms. The maximum atomic E-state index is 12.7. The first-order valence-corrected chi connectivity index (χ1v) is 8.19. The highest BCUT2D eigenvalue weighted by atomic mass is 127. The van der Waals surface area contributed by atoms with E-state index in [0.717, 1.165) is 34.8 Å². The van der Waals surface area contributed by atoms with Crippen molar-refractivity contribution < 1.29 is 9.53 Å². The summed E-state index contributed by atoms with van der Waals surface area (Å²) in [4.78, 5) is 12.7. The molecule has 0 radical (unpaired) electrons. The molecule has 1 unspecified atom stereocenters. The minimum Gasteiger partial charge on any atom is -0.375 e. The standard InChI is InChI=1S/C15H16ClIO2/c16-11-2-3-13(17)12(8-11)14(18)10-4-7-19-15(9-10)5-1-6-15/h2-3,8,10H,1,4-7,9H2. The van der Waals surface area contributed by atoms with Crippen LogP contribution in [0.5, 0.6) is 0 Å². The highest BCUT2D eigenvalue weighted by Gasteiger charge is 2.44. The Morgan fingerprint density at radius 3 is 2.89 bits per heavy atom. The minimum atomic E-state index is 0.0165. The lowest BCUT2D eigenvalue weighted by Crippen LogP contribution is -2.47. The second kappa shape index (κ2) is 5.34. The zero-order chi connectivity index (χ0) is 13.5. The van der Waals surface area contributed by atoms with Crippen LogP contribution in [0.15, 0.2) is 18.2 Å². The topological polar surface area (TPSA) is 26.3 Å². The molecule has 0 amide bonds. The first-order chi connectivity index (χ1) is 9.10. The zero-order valence-corrected chi connectivity index (χ0v) is 13.5. The Morgan fingerprint density at radius 2 is 2.21 bits per heavy atom. The molecule has 0 aromatic heterocycles. The Labute approximate surface area is 132 Å². The van der Waals surface area contributed by atoms with Gasteiger partial charge in [-0.05, 0) is 72.9 Å². The van der Waals surface area contributed by atoms with Crippen LogP contribution in [-0.4, -0.2) is 18.0 Å². The predicted octanol–water partition coefficient (Wildman–Crippen LogP) is 4.48. The van der Waals surface area contributed by atoms with Gasteiger partial charge in [0.25, 0.3) is 0 Å². The summed E-state index contributed by atoms with van der Waals surface area (Å²) in [5.74, 6) is 0.336. The molecule has 0 bridgehead atoms. The van der Waals surface area contributed by atoms with Crippen molar-refractivity contribution in [1.82, 2.24) is 0 Å². The average molecular weight is 391 g/mol. The first-order valence-electron chi connectivity index (χ1n) is 6.73. The van der Waals surface area contributed by atoms with Gasteiger partial charge in [0.05, 0.1) is 5.60 Å². The normalized spacial score (nSPS) is 25.1. The monoisotopic (exact) mass is 390 g/mol. The molecular weight excluding hydrogens is 375 g/mol. The summed E-state index contributed by atoms with van der Waals surface area (Å²) in [6.45, 7) is 0.716. The molecule has 102 valence electrons. The summed E-state index contributed by atoms with van der Waals surface area (Å²) < 4.78 is 6.88. The number of carbonyl (C=O) groups is 1. The molecule has 1 aromatic carbocycles. The van der Waals surface area contributed by atoms with E-state index in [9.17, 15) is 4.79 Å². The van der Waals surface area contributed by atoms with Crippen molar-refractivity contribution >= 4 is 40.0 Å².